The number of halogens is 1. The van der Waals surface area contributed by atoms with Crippen LogP contribution in [0.3, 0.4) is 0 Å². The predicted octanol–water partition coefficient (Wildman–Crippen LogP) is 4.71. The van der Waals surface area contributed by atoms with Crippen molar-refractivity contribution >= 4 is 17.3 Å². The van der Waals surface area contributed by atoms with Crippen LogP contribution in [0.25, 0.3) is 0 Å². The van der Waals surface area contributed by atoms with Crippen molar-refractivity contribution in [1.82, 2.24) is 19.6 Å². The summed E-state index contributed by atoms with van der Waals surface area (Å²) in [4.78, 5) is 23.7. The molecule has 0 unspecified atom stereocenters. The van der Waals surface area contributed by atoms with Crippen LogP contribution in [-0.4, -0.2) is 30.4 Å². The van der Waals surface area contributed by atoms with Crippen LogP contribution in [-0.2, 0) is 13.1 Å². The van der Waals surface area contributed by atoms with E-state index in [1.165, 1.54) is 6.07 Å². The lowest BCUT2D eigenvalue weighted by Gasteiger charge is -2.09. The molecule has 0 fully saturated rings. The van der Waals surface area contributed by atoms with Gasteiger partial charge in [0.05, 0.1) is 35.1 Å². The van der Waals surface area contributed by atoms with E-state index in [1.54, 1.807) is 72.6 Å². The molecule has 180 valence electrons. The first-order chi connectivity index (χ1) is 16.7. The number of hydrogen-bond donors (Lipinski definition) is 1. The quantitative estimate of drug-likeness (QED) is 0.307. The number of nitrogens with one attached hydrogen (secondary N) is 1. The molecule has 9 nitrogen and oxygen atoms in total. The average Bonchev–Trinajstić information content (AvgIpc) is 3.24. The molecular formula is C25H25FN6O3. The third kappa shape index (κ3) is 4.81. The number of amides is 1. The minimum absolute atomic E-state index is 0.0160. The van der Waals surface area contributed by atoms with Crippen LogP contribution >= 0.6 is 0 Å². The molecule has 0 saturated carbocycles. The van der Waals surface area contributed by atoms with Crippen LogP contribution in [0.5, 0.6) is 0 Å². The van der Waals surface area contributed by atoms with Crippen LogP contribution in [0.15, 0.2) is 48.5 Å². The number of rotatable bonds is 7. The Hall–Kier alpha value is -4.34. The molecule has 2 heterocycles. The van der Waals surface area contributed by atoms with Crippen molar-refractivity contribution in [3.8, 4) is 0 Å². The Morgan fingerprint density at radius 2 is 1.57 bits per heavy atom. The summed E-state index contributed by atoms with van der Waals surface area (Å²) >= 11 is 0. The van der Waals surface area contributed by atoms with Gasteiger partial charge in [-0.1, -0.05) is 30.3 Å². The van der Waals surface area contributed by atoms with Gasteiger partial charge in [0.25, 0.3) is 5.91 Å². The molecule has 0 aliphatic rings. The fourth-order valence-corrected chi connectivity index (χ4v) is 4.05. The summed E-state index contributed by atoms with van der Waals surface area (Å²) < 4.78 is 17.3. The highest BCUT2D eigenvalue weighted by molar-refractivity contribution is 6.04. The van der Waals surface area contributed by atoms with Crippen LogP contribution in [0.2, 0.25) is 0 Å². The standard InChI is InChI=1S/C25H25FN6O3/c1-15-23(17(3)31(28-15)14-21-7-5-6-8-22(21)26)27-25(33)20-11-9-19(10-12-20)13-30-18(4)24(32(34)35)16(2)29-30/h5-12H,13-14H2,1-4H3,(H,27,33). The molecule has 0 aliphatic heterocycles. The van der Waals surface area contributed by atoms with E-state index in [4.69, 9.17) is 0 Å². The number of hydrogen-bond acceptors (Lipinski definition) is 5. The molecule has 1 N–H and O–H groups in total. The van der Waals surface area contributed by atoms with Crippen LogP contribution in [0.4, 0.5) is 15.8 Å². The summed E-state index contributed by atoms with van der Waals surface area (Å²) in [5.74, 6) is -0.601. The SMILES string of the molecule is Cc1nn(Cc2ccccc2F)c(C)c1NC(=O)c1ccc(Cn2nc(C)c([N+](=O)[O-])c2C)cc1. The lowest BCUT2D eigenvalue weighted by atomic mass is 10.1. The number of benzene rings is 2. The Labute approximate surface area is 201 Å². The normalized spacial score (nSPS) is 11.0. The fourth-order valence-electron chi connectivity index (χ4n) is 4.05. The summed E-state index contributed by atoms with van der Waals surface area (Å²) in [7, 11) is 0. The van der Waals surface area contributed by atoms with E-state index in [0.29, 0.717) is 40.4 Å². The number of anilines is 1. The number of carbonyl (C=O) groups is 1. The maximum Gasteiger partial charge on any atom is 0.312 e. The topological polar surface area (TPSA) is 108 Å². The highest BCUT2D eigenvalue weighted by Crippen LogP contribution is 2.24. The van der Waals surface area contributed by atoms with E-state index in [1.807, 2.05) is 6.92 Å². The van der Waals surface area contributed by atoms with Gasteiger partial charge in [-0.05, 0) is 51.5 Å². The number of nitrogens with zero attached hydrogens (tertiary/aromatic N) is 5. The van der Waals surface area contributed by atoms with E-state index >= 15 is 0 Å². The lowest BCUT2D eigenvalue weighted by molar-refractivity contribution is -0.386. The van der Waals surface area contributed by atoms with Gasteiger partial charge in [-0.3, -0.25) is 24.3 Å². The van der Waals surface area contributed by atoms with Crippen molar-refractivity contribution in [3.63, 3.8) is 0 Å². The van der Waals surface area contributed by atoms with Gasteiger partial charge in [0.15, 0.2) is 0 Å². The second-order valence-electron chi connectivity index (χ2n) is 8.38. The van der Waals surface area contributed by atoms with Gasteiger partial charge < -0.3 is 5.32 Å². The van der Waals surface area contributed by atoms with E-state index in [-0.39, 0.29) is 24.0 Å². The maximum absolute atomic E-state index is 14.0. The second-order valence-corrected chi connectivity index (χ2v) is 8.38. The maximum atomic E-state index is 14.0. The smallest absolute Gasteiger partial charge is 0.312 e. The molecule has 4 aromatic rings. The van der Waals surface area contributed by atoms with Gasteiger partial charge >= 0.3 is 5.69 Å². The van der Waals surface area contributed by atoms with Gasteiger partial charge in [0.2, 0.25) is 0 Å². The highest BCUT2D eigenvalue weighted by Gasteiger charge is 2.22. The third-order valence-corrected chi connectivity index (χ3v) is 5.97. The zero-order valence-electron chi connectivity index (χ0n) is 19.9. The summed E-state index contributed by atoms with van der Waals surface area (Å²) in [6.45, 7) is 7.50. The number of nitro groups is 1. The van der Waals surface area contributed by atoms with E-state index < -0.39 is 4.92 Å². The highest BCUT2D eigenvalue weighted by atomic mass is 19.1. The first-order valence-corrected chi connectivity index (χ1v) is 11.0. The van der Waals surface area contributed by atoms with Crippen molar-refractivity contribution in [3.05, 3.63) is 104 Å². The average molecular weight is 477 g/mol. The van der Waals surface area contributed by atoms with E-state index in [2.05, 4.69) is 15.5 Å². The molecule has 0 atom stereocenters. The fraction of sp³-hybridized carbons (Fsp3) is 0.240. The Bertz CT molecular complexity index is 1420. The van der Waals surface area contributed by atoms with Crippen molar-refractivity contribution in [2.24, 2.45) is 0 Å². The van der Waals surface area contributed by atoms with Crippen molar-refractivity contribution in [1.29, 1.82) is 0 Å². The molecular weight excluding hydrogens is 451 g/mol. The van der Waals surface area contributed by atoms with Gasteiger partial charge in [-0.15, -0.1) is 0 Å². The summed E-state index contributed by atoms with van der Waals surface area (Å²) in [5.41, 5.74) is 4.63. The predicted molar refractivity (Wildman–Crippen MR) is 129 cm³/mol. The Morgan fingerprint density at radius 1 is 0.943 bits per heavy atom. The van der Waals surface area contributed by atoms with Gasteiger partial charge in [0.1, 0.15) is 17.2 Å². The molecule has 4 rings (SSSR count). The first-order valence-electron chi connectivity index (χ1n) is 11.0. The van der Waals surface area contributed by atoms with E-state index in [0.717, 1.165) is 11.3 Å². The molecule has 35 heavy (non-hydrogen) atoms. The molecule has 0 bridgehead atoms. The minimum atomic E-state index is -0.427. The molecule has 0 saturated heterocycles. The summed E-state index contributed by atoms with van der Waals surface area (Å²) in [6.07, 6.45) is 0. The molecule has 0 spiro atoms. The van der Waals surface area contributed by atoms with Crippen molar-refractivity contribution in [2.75, 3.05) is 5.32 Å². The molecule has 1 amide bonds. The Kier molecular flexibility index (Phi) is 6.46. The van der Waals surface area contributed by atoms with E-state index in [9.17, 15) is 19.3 Å². The summed E-state index contributed by atoms with van der Waals surface area (Å²) in [6, 6.07) is 13.5. The largest absolute Gasteiger partial charge is 0.319 e. The minimum Gasteiger partial charge on any atom is -0.319 e. The Balaban J connectivity index is 1.48. The number of aryl methyl sites for hydroxylation is 2. The van der Waals surface area contributed by atoms with Gasteiger partial charge in [-0.25, -0.2) is 4.39 Å². The molecule has 0 aliphatic carbocycles. The zero-order chi connectivity index (χ0) is 25.3. The lowest BCUT2D eigenvalue weighted by Crippen LogP contribution is -2.14. The van der Waals surface area contributed by atoms with Crippen LogP contribution in [0, 0.1) is 43.6 Å². The number of aromatic nitrogens is 4. The summed E-state index contributed by atoms with van der Waals surface area (Å²) in [5, 5.41) is 22.8. The number of carbonyl (C=O) groups excluding carboxylic acids is 1. The van der Waals surface area contributed by atoms with Crippen LogP contribution in [0.1, 0.15) is 44.3 Å². The second kappa shape index (κ2) is 9.49. The van der Waals surface area contributed by atoms with Gasteiger partial charge in [-0.2, -0.15) is 10.2 Å². The molecule has 10 heteroatoms. The van der Waals surface area contributed by atoms with Crippen molar-refractivity contribution in [2.45, 2.75) is 40.8 Å². The first kappa shape index (κ1) is 23.8. The molecule has 0 radical (unpaired) electrons. The zero-order valence-corrected chi connectivity index (χ0v) is 19.9. The third-order valence-electron chi connectivity index (χ3n) is 5.97. The van der Waals surface area contributed by atoms with Gasteiger partial charge in [0, 0.05) is 11.1 Å². The monoisotopic (exact) mass is 476 g/mol. The molecule has 2 aromatic heterocycles. The molecule has 2 aromatic carbocycles. The van der Waals surface area contributed by atoms with Crippen molar-refractivity contribution < 1.29 is 14.1 Å². The Morgan fingerprint density at radius 3 is 2.20 bits per heavy atom. The van der Waals surface area contributed by atoms with Crippen LogP contribution < -0.4 is 5.32 Å².